The van der Waals surface area contributed by atoms with Gasteiger partial charge in [-0.1, -0.05) is 71.5 Å². The summed E-state index contributed by atoms with van der Waals surface area (Å²) in [6, 6.07) is 26.5. The van der Waals surface area contributed by atoms with Gasteiger partial charge in [-0.25, -0.2) is 4.98 Å². The Morgan fingerprint density at radius 2 is 1.74 bits per heavy atom. The standard InChI is InChI=1S/C27H23ClN4O2S/c1-31(16-18-8-4-2-5-9-18)27-29-26(28)25(35-27)22-15-21(30-32(22)20-10-6-3-7-11-20)19-12-13-23-24(14-19)34-17-33-23/h2-14,22H,15-17H2,1H3. The molecule has 0 spiro atoms. The van der Waals surface area contributed by atoms with Crippen molar-refractivity contribution >= 4 is 39.5 Å². The summed E-state index contributed by atoms with van der Waals surface area (Å²) in [5.74, 6) is 1.51. The van der Waals surface area contributed by atoms with Gasteiger partial charge in [0.1, 0.15) is 5.15 Å². The quantitative estimate of drug-likeness (QED) is 0.300. The van der Waals surface area contributed by atoms with E-state index in [0.29, 0.717) is 11.6 Å². The Balaban J connectivity index is 1.32. The first-order chi connectivity index (χ1) is 17.2. The number of aromatic nitrogens is 1. The molecule has 35 heavy (non-hydrogen) atoms. The minimum absolute atomic E-state index is 0.0540. The fourth-order valence-electron chi connectivity index (χ4n) is 4.38. The van der Waals surface area contributed by atoms with Crippen molar-refractivity contribution in [3.05, 3.63) is 100 Å². The molecule has 6 rings (SSSR count). The third kappa shape index (κ3) is 4.33. The number of fused-ring (bicyclic) bond motifs is 1. The molecular formula is C27H23ClN4O2S. The summed E-state index contributed by atoms with van der Waals surface area (Å²) in [7, 11) is 2.05. The maximum atomic E-state index is 6.75. The number of ether oxygens (including phenoxy) is 2. The molecule has 6 nitrogen and oxygen atoms in total. The number of nitrogens with zero attached hydrogens (tertiary/aromatic N) is 4. The van der Waals surface area contributed by atoms with E-state index in [0.717, 1.165) is 45.0 Å². The molecule has 0 saturated carbocycles. The number of rotatable bonds is 6. The predicted molar refractivity (Wildman–Crippen MR) is 141 cm³/mol. The molecule has 0 amide bonds. The normalized spacial score (nSPS) is 16.5. The molecule has 0 radical (unpaired) electrons. The Morgan fingerprint density at radius 1 is 1.00 bits per heavy atom. The number of thiazole rings is 1. The van der Waals surface area contributed by atoms with Crippen LogP contribution in [0.15, 0.2) is 84.0 Å². The van der Waals surface area contributed by atoms with E-state index in [2.05, 4.69) is 46.3 Å². The molecule has 1 atom stereocenters. The Bertz CT molecular complexity index is 1380. The van der Waals surface area contributed by atoms with Crippen LogP contribution in [0.5, 0.6) is 11.5 Å². The Hall–Kier alpha value is -3.55. The van der Waals surface area contributed by atoms with E-state index in [9.17, 15) is 0 Å². The lowest BCUT2D eigenvalue weighted by molar-refractivity contribution is 0.174. The first kappa shape index (κ1) is 21.9. The summed E-state index contributed by atoms with van der Waals surface area (Å²) in [5.41, 5.74) is 4.22. The van der Waals surface area contributed by atoms with E-state index in [1.165, 1.54) is 5.56 Å². The van der Waals surface area contributed by atoms with Crippen LogP contribution in [-0.2, 0) is 6.54 Å². The summed E-state index contributed by atoms with van der Waals surface area (Å²) >= 11 is 8.38. The highest BCUT2D eigenvalue weighted by Gasteiger charge is 2.34. The van der Waals surface area contributed by atoms with Gasteiger partial charge in [0, 0.05) is 25.6 Å². The topological polar surface area (TPSA) is 50.2 Å². The fourth-order valence-corrected chi connectivity index (χ4v) is 5.75. The van der Waals surface area contributed by atoms with Crippen molar-refractivity contribution < 1.29 is 9.47 Å². The molecule has 2 aliphatic heterocycles. The molecule has 3 aromatic carbocycles. The number of para-hydroxylation sites is 1. The summed E-state index contributed by atoms with van der Waals surface area (Å²) in [6.45, 7) is 1.01. The molecule has 0 N–H and O–H groups in total. The van der Waals surface area contributed by atoms with Crippen molar-refractivity contribution in [2.24, 2.45) is 5.10 Å². The summed E-state index contributed by atoms with van der Waals surface area (Å²) in [6.07, 6.45) is 0.707. The van der Waals surface area contributed by atoms with E-state index in [1.54, 1.807) is 11.3 Å². The van der Waals surface area contributed by atoms with E-state index >= 15 is 0 Å². The van der Waals surface area contributed by atoms with Crippen LogP contribution in [0.4, 0.5) is 10.8 Å². The van der Waals surface area contributed by atoms with Crippen LogP contribution in [-0.4, -0.2) is 24.5 Å². The average molecular weight is 503 g/mol. The molecular weight excluding hydrogens is 480 g/mol. The average Bonchev–Trinajstić information content (AvgIpc) is 3.62. The van der Waals surface area contributed by atoms with Crippen LogP contribution >= 0.6 is 22.9 Å². The van der Waals surface area contributed by atoms with Gasteiger partial charge in [-0.05, 0) is 35.9 Å². The molecule has 0 bridgehead atoms. The molecule has 4 aromatic rings. The zero-order valence-electron chi connectivity index (χ0n) is 19.1. The van der Waals surface area contributed by atoms with Crippen molar-refractivity contribution in [2.75, 3.05) is 23.7 Å². The number of halogens is 1. The lowest BCUT2D eigenvalue weighted by Gasteiger charge is -2.22. The van der Waals surface area contributed by atoms with Crippen molar-refractivity contribution in [3.8, 4) is 11.5 Å². The smallest absolute Gasteiger partial charge is 0.231 e. The maximum absolute atomic E-state index is 6.75. The van der Waals surface area contributed by atoms with Crippen molar-refractivity contribution in [1.82, 2.24) is 4.98 Å². The highest BCUT2D eigenvalue weighted by Crippen LogP contribution is 2.44. The number of hydrazone groups is 1. The van der Waals surface area contributed by atoms with E-state index in [4.69, 9.17) is 31.2 Å². The first-order valence-corrected chi connectivity index (χ1v) is 12.6. The van der Waals surface area contributed by atoms with Crippen LogP contribution in [0.2, 0.25) is 5.15 Å². The number of benzene rings is 3. The van der Waals surface area contributed by atoms with Crippen molar-refractivity contribution in [3.63, 3.8) is 0 Å². The lowest BCUT2D eigenvalue weighted by atomic mass is 10.0. The van der Waals surface area contributed by atoms with Gasteiger partial charge in [-0.3, -0.25) is 5.01 Å². The molecule has 8 heteroatoms. The molecule has 1 unspecified atom stereocenters. The third-order valence-corrected chi connectivity index (χ3v) is 7.80. The number of hydrogen-bond donors (Lipinski definition) is 0. The van der Waals surface area contributed by atoms with Crippen molar-refractivity contribution in [1.29, 1.82) is 0 Å². The van der Waals surface area contributed by atoms with Gasteiger partial charge in [-0.15, -0.1) is 0 Å². The molecule has 0 aliphatic carbocycles. The Kier molecular flexibility index (Phi) is 5.80. The van der Waals surface area contributed by atoms with Gasteiger partial charge in [-0.2, -0.15) is 5.10 Å². The van der Waals surface area contributed by atoms with Gasteiger partial charge in [0.05, 0.1) is 22.3 Å². The van der Waals surface area contributed by atoms with Gasteiger partial charge in [0.2, 0.25) is 6.79 Å². The van der Waals surface area contributed by atoms with Gasteiger partial charge in [0.25, 0.3) is 0 Å². The van der Waals surface area contributed by atoms with Crippen LogP contribution < -0.4 is 19.4 Å². The molecule has 0 saturated heterocycles. The van der Waals surface area contributed by atoms with Gasteiger partial charge >= 0.3 is 0 Å². The monoisotopic (exact) mass is 502 g/mol. The fraction of sp³-hybridized carbons (Fsp3) is 0.185. The van der Waals surface area contributed by atoms with Gasteiger partial charge < -0.3 is 14.4 Å². The molecule has 3 heterocycles. The number of hydrogen-bond acceptors (Lipinski definition) is 7. The molecule has 176 valence electrons. The summed E-state index contributed by atoms with van der Waals surface area (Å²) in [4.78, 5) is 7.86. The van der Waals surface area contributed by atoms with Crippen LogP contribution in [0.25, 0.3) is 0 Å². The Morgan fingerprint density at radius 3 is 2.54 bits per heavy atom. The van der Waals surface area contributed by atoms with Crippen LogP contribution in [0.3, 0.4) is 0 Å². The second-order valence-electron chi connectivity index (χ2n) is 8.51. The van der Waals surface area contributed by atoms with E-state index in [1.807, 2.05) is 49.5 Å². The maximum Gasteiger partial charge on any atom is 0.231 e. The zero-order valence-corrected chi connectivity index (χ0v) is 20.7. The lowest BCUT2D eigenvalue weighted by Crippen LogP contribution is -2.18. The first-order valence-electron chi connectivity index (χ1n) is 11.4. The largest absolute Gasteiger partial charge is 0.454 e. The second kappa shape index (κ2) is 9.24. The second-order valence-corrected chi connectivity index (χ2v) is 9.88. The highest BCUT2D eigenvalue weighted by molar-refractivity contribution is 7.16. The van der Waals surface area contributed by atoms with E-state index in [-0.39, 0.29) is 12.8 Å². The predicted octanol–water partition coefficient (Wildman–Crippen LogP) is 6.52. The SMILES string of the molecule is CN(Cc1ccccc1)c1nc(Cl)c(C2CC(c3ccc4c(c3)OCO4)=NN2c2ccccc2)s1. The minimum atomic E-state index is -0.0540. The summed E-state index contributed by atoms with van der Waals surface area (Å²) < 4.78 is 11.1. The molecule has 2 aliphatic rings. The molecule has 0 fully saturated rings. The van der Waals surface area contributed by atoms with Crippen LogP contribution in [0, 0.1) is 0 Å². The number of anilines is 2. The Labute approximate surface area is 213 Å². The molecule has 1 aromatic heterocycles. The third-order valence-electron chi connectivity index (χ3n) is 6.13. The minimum Gasteiger partial charge on any atom is -0.454 e. The summed E-state index contributed by atoms with van der Waals surface area (Å²) in [5, 5.41) is 8.50. The van der Waals surface area contributed by atoms with E-state index < -0.39 is 0 Å². The van der Waals surface area contributed by atoms with Crippen LogP contribution in [0.1, 0.15) is 28.5 Å². The van der Waals surface area contributed by atoms with Crippen molar-refractivity contribution in [2.45, 2.75) is 19.0 Å². The zero-order chi connectivity index (χ0) is 23.8. The van der Waals surface area contributed by atoms with Gasteiger partial charge in [0.15, 0.2) is 16.6 Å². The highest BCUT2D eigenvalue weighted by atomic mass is 35.5.